The van der Waals surface area contributed by atoms with Crippen LogP contribution in [-0.4, -0.2) is 0 Å². The van der Waals surface area contributed by atoms with Gasteiger partial charge in [-0.05, 0) is 83.8 Å². The number of hydrogen-bond acceptors (Lipinski definition) is 2. The first-order chi connectivity index (χ1) is 19.7. The van der Waals surface area contributed by atoms with Gasteiger partial charge < -0.3 is 9.32 Å². The van der Waals surface area contributed by atoms with E-state index in [2.05, 4.69) is 120 Å². The molecule has 0 radical (unpaired) electrons. The fraction of sp³-hybridized carbons (Fsp3) is 0.0270. The molecule has 0 aliphatic carbocycles. The van der Waals surface area contributed by atoms with Crippen LogP contribution in [-0.2, 0) is 0 Å². The van der Waals surface area contributed by atoms with Crippen molar-refractivity contribution in [3.8, 4) is 22.3 Å². The first-order valence-electron chi connectivity index (χ1n) is 13.4. The van der Waals surface area contributed by atoms with Gasteiger partial charge in [0.05, 0.1) is 0 Å². The average molecular weight is 536 g/mol. The molecule has 0 fully saturated rings. The van der Waals surface area contributed by atoms with Gasteiger partial charge in [0.15, 0.2) is 0 Å². The van der Waals surface area contributed by atoms with E-state index in [4.69, 9.17) is 16.0 Å². The molecule has 0 saturated carbocycles. The highest BCUT2D eigenvalue weighted by Crippen LogP contribution is 2.41. The normalized spacial score (nSPS) is 11.2. The van der Waals surface area contributed by atoms with Crippen LogP contribution in [0.15, 0.2) is 144 Å². The lowest BCUT2D eigenvalue weighted by Gasteiger charge is -2.26. The molecule has 3 heteroatoms. The molecule has 0 bridgehead atoms. The van der Waals surface area contributed by atoms with Crippen LogP contribution in [0.3, 0.4) is 0 Å². The van der Waals surface area contributed by atoms with Crippen LogP contribution in [0, 0.1) is 6.92 Å². The van der Waals surface area contributed by atoms with Crippen molar-refractivity contribution < 1.29 is 4.42 Å². The van der Waals surface area contributed by atoms with E-state index in [-0.39, 0.29) is 0 Å². The highest BCUT2D eigenvalue weighted by atomic mass is 35.5. The van der Waals surface area contributed by atoms with Crippen molar-refractivity contribution in [2.45, 2.75) is 6.92 Å². The SMILES string of the molecule is Cc1c(Cl)ccc2c1oc1ccc(N(c3ccc(-c4ccccc4)cc3)c3ccc(-c4ccccc4)cc3)cc12. The third-order valence-electron chi connectivity index (χ3n) is 7.53. The Kier molecular flexibility index (Phi) is 6.11. The van der Waals surface area contributed by atoms with Gasteiger partial charge in [-0.15, -0.1) is 0 Å². The highest BCUT2D eigenvalue weighted by Gasteiger charge is 2.17. The quantitative estimate of drug-likeness (QED) is 0.218. The van der Waals surface area contributed by atoms with Crippen molar-refractivity contribution in [2.24, 2.45) is 0 Å². The van der Waals surface area contributed by atoms with Gasteiger partial charge in [0.25, 0.3) is 0 Å². The third kappa shape index (κ3) is 4.33. The maximum absolute atomic E-state index is 6.40. The van der Waals surface area contributed by atoms with Crippen molar-refractivity contribution in [2.75, 3.05) is 4.90 Å². The number of nitrogens with zero attached hydrogens (tertiary/aromatic N) is 1. The summed E-state index contributed by atoms with van der Waals surface area (Å²) >= 11 is 6.40. The zero-order valence-corrected chi connectivity index (χ0v) is 22.8. The molecule has 0 N–H and O–H groups in total. The summed E-state index contributed by atoms with van der Waals surface area (Å²) < 4.78 is 6.24. The van der Waals surface area contributed by atoms with Crippen LogP contribution in [0.5, 0.6) is 0 Å². The second-order valence-electron chi connectivity index (χ2n) is 9.99. The highest BCUT2D eigenvalue weighted by molar-refractivity contribution is 6.32. The van der Waals surface area contributed by atoms with Gasteiger partial charge in [-0.3, -0.25) is 0 Å². The summed E-state index contributed by atoms with van der Waals surface area (Å²) in [7, 11) is 0. The Hall–Kier alpha value is -4.79. The minimum absolute atomic E-state index is 0.713. The molecule has 0 atom stereocenters. The van der Waals surface area contributed by atoms with E-state index in [1.807, 2.05) is 31.2 Å². The van der Waals surface area contributed by atoms with Gasteiger partial charge in [0, 0.05) is 38.4 Å². The Bertz CT molecular complexity index is 1860. The number of furan rings is 1. The van der Waals surface area contributed by atoms with Gasteiger partial charge in [0.2, 0.25) is 0 Å². The molecule has 0 spiro atoms. The maximum Gasteiger partial charge on any atom is 0.139 e. The number of fused-ring (bicyclic) bond motifs is 3. The number of hydrogen-bond donors (Lipinski definition) is 0. The molecule has 7 rings (SSSR count). The molecule has 1 heterocycles. The van der Waals surface area contributed by atoms with E-state index >= 15 is 0 Å². The molecule has 6 aromatic carbocycles. The summed E-state index contributed by atoms with van der Waals surface area (Å²) in [6.07, 6.45) is 0. The van der Waals surface area contributed by atoms with E-state index in [1.165, 1.54) is 22.3 Å². The number of benzene rings is 6. The molecule has 0 aliphatic rings. The molecule has 1 aromatic heterocycles. The molecule has 7 aromatic rings. The van der Waals surface area contributed by atoms with Crippen molar-refractivity contribution in [3.05, 3.63) is 150 Å². The monoisotopic (exact) mass is 535 g/mol. The van der Waals surface area contributed by atoms with Gasteiger partial charge in [-0.1, -0.05) is 96.5 Å². The molecular weight excluding hydrogens is 510 g/mol. The Labute approximate surface area is 238 Å². The lowest BCUT2D eigenvalue weighted by atomic mass is 10.0. The van der Waals surface area contributed by atoms with E-state index < -0.39 is 0 Å². The summed E-state index contributed by atoms with van der Waals surface area (Å²) in [5, 5.41) is 2.85. The third-order valence-corrected chi connectivity index (χ3v) is 7.94. The van der Waals surface area contributed by atoms with Gasteiger partial charge >= 0.3 is 0 Å². The second kappa shape index (κ2) is 10.1. The molecule has 0 saturated heterocycles. The van der Waals surface area contributed by atoms with Crippen LogP contribution >= 0.6 is 11.6 Å². The lowest BCUT2D eigenvalue weighted by molar-refractivity contribution is 0.666. The number of anilines is 3. The summed E-state index contributed by atoms with van der Waals surface area (Å²) in [4.78, 5) is 2.30. The lowest BCUT2D eigenvalue weighted by Crippen LogP contribution is -2.09. The Morgan fingerprint density at radius 2 is 1.00 bits per heavy atom. The predicted octanol–water partition coefficient (Wildman–Crippen LogP) is 11.4. The van der Waals surface area contributed by atoms with Crippen molar-refractivity contribution in [1.82, 2.24) is 0 Å². The van der Waals surface area contributed by atoms with Crippen LogP contribution in [0.2, 0.25) is 5.02 Å². The Morgan fingerprint density at radius 3 is 1.55 bits per heavy atom. The number of halogens is 1. The van der Waals surface area contributed by atoms with Crippen LogP contribution < -0.4 is 4.90 Å². The van der Waals surface area contributed by atoms with E-state index in [1.54, 1.807) is 0 Å². The van der Waals surface area contributed by atoms with Crippen molar-refractivity contribution in [1.29, 1.82) is 0 Å². The standard InChI is InChI=1S/C37H26ClNO/c1-25-35(38)22-21-33-34-24-32(20-23-36(34)40-37(25)33)39(30-16-12-28(13-17-30)26-8-4-2-5-9-26)31-18-14-29(15-19-31)27-10-6-3-7-11-27/h2-24H,1H3. The maximum atomic E-state index is 6.40. The number of rotatable bonds is 5. The zero-order valence-electron chi connectivity index (χ0n) is 22.0. The molecule has 192 valence electrons. The minimum Gasteiger partial charge on any atom is -0.456 e. The molecule has 0 amide bonds. The van der Waals surface area contributed by atoms with Gasteiger partial charge in [-0.2, -0.15) is 0 Å². The van der Waals surface area contributed by atoms with Crippen molar-refractivity contribution >= 4 is 50.6 Å². The Balaban J connectivity index is 1.36. The van der Waals surface area contributed by atoms with Crippen LogP contribution in [0.1, 0.15) is 5.56 Å². The fourth-order valence-corrected chi connectivity index (χ4v) is 5.54. The second-order valence-corrected chi connectivity index (χ2v) is 10.4. The average Bonchev–Trinajstić information content (AvgIpc) is 3.39. The van der Waals surface area contributed by atoms with Crippen molar-refractivity contribution in [3.63, 3.8) is 0 Å². The largest absolute Gasteiger partial charge is 0.456 e. The van der Waals surface area contributed by atoms with E-state index in [0.717, 1.165) is 44.6 Å². The topological polar surface area (TPSA) is 16.4 Å². The summed E-state index contributed by atoms with van der Waals surface area (Å²) in [5.41, 5.74) is 10.6. The number of aryl methyl sites for hydroxylation is 1. The van der Waals surface area contributed by atoms with Crippen LogP contribution in [0.4, 0.5) is 17.1 Å². The minimum atomic E-state index is 0.713. The molecule has 0 unspecified atom stereocenters. The smallest absolute Gasteiger partial charge is 0.139 e. The summed E-state index contributed by atoms with van der Waals surface area (Å²) in [6.45, 7) is 2.00. The van der Waals surface area contributed by atoms with Gasteiger partial charge in [0.1, 0.15) is 11.2 Å². The van der Waals surface area contributed by atoms with E-state index in [0.29, 0.717) is 5.02 Å². The van der Waals surface area contributed by atoms with Crippen LogP contribution in [0.25, 0.3) is 44.2 Å². The molecule has 0 aliphatic heterocycles. The Morgan fingerprint density at radius 1 is 0.500 bits per heavy atom. The van der Waals surface area contributed by atoms with Gasteiger partial charge in [-0.25, -0.2) is 0 Å². The predicted molar refractivity (Wildman–Crippen MR) is 169 cm³/mol. The fourth-order valence-electron chi connectivity index (χ4n) is 5.39. The summed E-state index contributed by atoms with van der Waals surface area (Å²) in [6, 6.07) is 48.8. The summed E-state index contributed by atoms with van der Waals surface area (Å²) in [5.74, 6) is 0. The molecular formula is C37H26ClNO. The molecule has 2 nitrogen and oxygen atoms in total. The molecule has 40 heavy (non-hydrogen) atoms. The first-order valence-corrected chi connectivity index (χ1v) is 13.8. The first kappa shape index (κ1) is 24.3. The van der Waals surface area contributed by atoms with E-state index in [9.17, 15) is 0 Å². The zero-order chi connectivity index (χ0) is 27.1.